The Labute approximate surface area is 188 Å². The molecule has 0 unspecified atom stereocenters. The van der Waals surface area contributed by atoms with Crippen LogP contribution in [0.4, 0.5) is 0 Å². The third-order valence-corrected chi connectivity index (χ3v) is 5.93. The molecule has 0 atom stereocenters. The van der Waals surface area contributed by atoms with Crippen LogP contribution in [-0.2, 0) is 16.1 Å². The van der Waals surface area contributed by atoms with Crippen molar-refractivity contribution in [3.63, 3.8) is 0 Å². The zero-order chi connectivity index (χ0) is 22.3. The van der Waals surface area contributed by atoms with Crippen LogP contribution in [0.15, 0.2) is 30.5 Å². The average Bonchev–Trinajstić information content (AvgIpc) is 3.14. The van der Waals surface area contributed by atoms with E-state index in [1.165, 1.54) is 51.4 Å². The highest BCUT2D eigenvalue weighted by atomic mass is 16.5. The summed E-state index contributed by atoms with van der Waals surface area (Å²) >= 11 is 0. The minimum Gasteiger partial charge on any atom is -0.466 e. The van der Waals surface area contributed by atoms with Gasteiger partial charge in [-0.1, -0.05) is 82.9 Å². The van der Waals surface area contributed by atoms with Crippen LogP contribution in [0.2, 0.25) is 0 Å². The van der Waals surface area contributed by atoms with E-state index in [4.69, 9.17) is 4.74 Å². The van der Waals surface area contributed by atoms with Gasteiger partial charge in [-0.3, -0.25) is 9.59 Å². The minimum absolute atomic E-state index is 0.156. The first kappa shape index (κ1) is 25.2. The van der Waals surface area contributed by atoms with Gasteiger partial charge in [-0.15, -0.1) is 0 Å². The van der Waals surface area contributed by atoms with E-state index in [2.05, 4.69) is 17.6 Å². The van der Waals surface area contributed by atoms with Crippen LogP contribution in [0.5, 0.6) is 0 Å². The van der Waals surface area contributed by atoms with Crippen molar-refractivity contribution in [2.75, 3.05) is 6.61 Å². The zero-order valence-corrected chi connectivity index (χ0v) is 19.7. The van der Waals surface area contributed by atoms with E-state index in [0.717, 1.165) is 29.3 Å². The smallest absolute Gasteiger partial charge is 0.305 e. The van der Waals surface area contributed by atoms with Gasteiger partial charge in [0, 0.05) is 42.0 Å². The van der Waals surface area contributed by atoms with Crippen molar-refractivity contribution in [3.8, 4) is 0 Å². The van der Waals surface area contributed by atoms with Crippen molar-refractivity contribution in [2.45, 2.75) is 104 Å². The Morgan fingerprint density at radius 3 is 2.13 bits per heavy atom. The van der Waals surface area contributed by atoms with E-state index >= 15 is 0 Å². The van der Waals surface area contributed by atoms with E-state index in [1.54, 1.807) is 0 Å². The summed E-state index contributed by atoms with van der Waals surface area (Å²) in [6.45, 7) is 5.21. The van der Waals surface area contributed by atoms with Gasteiger partial charge in [-0.05, 0) is 25.8 Å². The molecule has 4 nitrogen and oxygen atoms in total. The quantitative estimate of drug-likeness (QED) is 0.149. The molecule has 0 radical (unpaired) electrons. The first-order valence-electron chi connectivity index (χ1n) is 12.4. The SMILES string of the molecule is CCCCCCCCCCCCC(=O)c1cn(CCCC(=O)OCC)c2ccccc12. The highest BCUT2D eigenvalue weighted by Gasteiger charge is 2.15. The maximum Gasteiger partial charge on any atom is 0.305 e. The average molecular weight is 428 g/mol. The minimum atomic E-state index is -0.156. The van der Waals surface area contributed by atoms with Gasteiger partial charge in [0.05, 0.1) is 6.61 Å². The third-order valence-electron chi connectivity index (χ3n) is 5.93. The molecule has 1 aromatic heterocycles. The standard InChI is InChI=1S/C27H41NO3/c1-3-5-6-7-8-9-10-11-12-13-19-26(29)24-22-28(21-16-20-27(30)31-4-2)25-18-15-14-17-23(24)25/h14-15,17-18,22H,3-13,16,19-21H2,1-2H3. The van der Waals surface area contributed by atoms with Gasteiger partial charge in [0.2, 0.25) is 0 Å². The van der Waals surface area contributed by atoms with Crippen LogP contribution in [0.1, 0.15) is 108 Å². The predicted octanol–water partition coefficient (Wildman–Crippen LogP) is 7.48. The number of rotatable bonds is 17. The van der Waals surface area contributed by atoms with Crippen molar-refractivity contribution in [1.82, 2.24) is 4.57 Å². The van der Waals surface area contributed by atoms with Gasteiger partial charge in [0.25, 0.3) is 0 Å². The van der Waals surface area contributed by atoms with Crippen LogP contribution in [-0.4, -0.2) is 22.9 Å². The highest BCUT2D eigenvalue weighted by Crippen LogP contribution is 2.24. The molecule has 1 heterocycles. The van der Waals surface area contributed by atoms with Gasteiger partial charge in [0.1, 0.15) is 0 Å². The van der Waals surface area contributed by atoms with Gasteiger partial charge < -0.3 is 9.30 Å². The topological polar surface area (TPSA) is 48.3 Å². The Kier molecular flexibility index (Phi) is 12.0. The number of hydrogen-bond donors (Lipinski definition) is 0. The number of ether oxygens (including phenoxy) is 1. The monoisotopic (exact) mass is 427 g/mol. The molecular formula is C27H41NO3. The number of ketones is 1. The van der Waals surface area contributed by atoms with E-state index in [-0.39, 0.29) is 11.8 Å². The number of carbonyl (C=O) groups excluding carboxylic acids is 2. The largest absolute Gasteiger partial charge is 0.466 e. The fraction of sp³-hybridized carbons (Fsp3) is 0.630. The number of Topliss-reactive ketones (excluding diaryl/α,β-unsaturated/α-hetero) is 1. The lowest BCUT2D eigenvalue weighted by atomic mass is 10.0. The molecule has 2 aromatic rings. The molecular weight excluding hydrogens is 386 g/mol. The van der Waals surface area contributed by atoms with Crippen molar-refractivity contribution in [3.05, 3.63) is 36.0 Å². The van der Waals surface area contributed by atoms with E-state index < -0.39 is 0 Å². The lowest BCUT2D eigenvalue weighted by molar-refractivity contribution is -0.143. The Balaban J connectivity index is 1.77. The van der Waals surface area contributed by atoms with E-state index in [0.29, 0.717) is 32.4 Å². The number of fused-ring (bicyclic) bond motifs is 1. The summed E-state index contributed by atoms with van der Waals surface area (Å²) in [5, 5.41) is 1.02. The van der Waals surface area contributed by atoms with Gasteiger partial charge in [-0.25, -0.2) is 0 Å². The predicted molar refractivity (Wildman–Crippen MR) is 129 cm³/mol. The Hall–Kier alpha value is -2.10. The molecule has 0 spiro atoms. The summed E-state index contributed by atoms with van der Waals surface area (Å²) in [5.41, 5.74) is 1.89. The first-order valence-corrected chi connectivity index (χ1v) is 12.4. The lowest BCUT2D eigenvalue weighted by Crippen LogP contribution is -2.06. The molecule has 1 aromatic carbocycles. The Morgan fingerprint density at radius 2 is 1.45 bits per heavy atom. The third kappa shape index (κ3) is 8.88. The fourth-order valence-electron chi connectivity index (χ4n) is 4.19. The van der Waals surface area contributed by atoms with Crippen LogP contribution < -0.4 is 0 Å². The number of carbonyl (C=O) groups is 2. The summed E-state index contributed by atoms with van der Waals surface area (Å²) in [7, 11) is 0. The van der Waals surface area contributed by atoms with Crippen molar-refractivity contribution in [1.29, 1.82) is 0 Å². The van der Waals surface area contributed by atoms with Crippen molar-refractivity contribution >= 4 is 22.7 Å². The van der Waals surface area contributed by atoms with Crippen LogP contribution >= 0.6 is 0 Å². The van der Waals surface area contributed by atoms with Gasteiger partial charge >= 0.3 is 5.97 Å². The summed E-state index contributed by atoms with van der Waals surface area (Å²) in [5.74, 6) is 0.0797. The Bertz CT molecular complexity index is 793. The summed E-state index contributed by atoms with van der Waals surface area (Å²) in [4.78, 5) is 24.5. The van der Waals surface area contributed by atoms with Crippen molar-refractivity contribution < 1.29 is 14.3 Å². The van der Waals surface area contributed by atoms with Crippen molar-refractivity contribution in [2.24, 2.45) is 0 Å². The normalized spacial score (nSPS) is 11.2. The number of aryl methyl sites for hydroxylation is 1. The summed E-state index contributed by atoms with van der Waals surface area (Å²) in [6, 6.07) is 8.07. The second-order valence-electron chi connectivity index (χ2n) is 8.52. The molecule has 0 aliphatic carbocycles. The number of esters is 1. The maximum absolute atomic E-state index is 12.9. The molecule has 0 saturated heterocycles. The molecule has 31 heavy (non-hydrogen) atoms. The molecule has 0 saturated carbocycles. The molecule has 0 bridgehead atoms. The molecule has 4 heteroatoms. The highest BCUT2D eigenvalue weighted by molar-refractivity contribution is 6.08. The molecule has 172 valence electrons. The summed E-state index contributed by atoms with van der Waals surface area (Å²) < 4.78 is 7.12. The number of nitrogens with zero attached hydrogens (tertiary/aromatic N) is 1. The van der Waals surface area contributed by atoms with Crippen LogP contribution in [0.25, 0.3) is 10.9 Å². The Morgan fingerprint density at radius 1 is 0.806 bits per heavy atom. The van der Waals surface area contributed by atoms with Gasteiger partial charge in [0.15, 0.2) is 5.78 Å². The molecule has 2 rings (SSSR count). The molecule has 0 fully saturated rings. The van der Waals surface area contributed by atoms with Gasteiger partial charge in [-0.2, -0.15) is 0 Å². The van der Waals surface area contributed by atoms with E-state index in [1.807, 2.05) is 31.3 Å². The fourth-order valence-corrected chi connectivity index (χ4v) is 4.19. The zero-order valence-electron chi connectivity index (χ0n) is 19.7. The number of benzene rings is 1. The second kappa shape index (κ2) is 14.8. The number of aromatic nitrogens is 1. The number of hydrogen-bond acceptors (Lipinski definition) is 3. The number of unbranched alkanes of at least 4 members (excludes halogenated alkanes) is 9. The van der Waals surface area contributed by atoms with Crippen LogP contribution in [0.3, 0.4) is 0 Å². The van der Waals surface area contributed by atoms with Crippen LogP contribution in [0, 0.1) is 0 Å². The first-order chi connectivity index (χ1) is 15.2. The number of para-hydroxylation sites is 1. The second-order valence-corrected chi connectivity index (χ2v) is 8.52. The molecule has 0 aliphatic heterocycles. The summed E-state index contributed by atoms with van der Waals surface area (Å²) in [6.07, 6.45) is 16.5. The van der Waals surface area contributed by atoms with E-state index in [9.17, 15) is 9.59 Å². The molecule has 0 aliphatic rings. The maximum atomic E-state index is 12.9. The molecule has 0 amide bonds. The molecule has 0 N–H and O–H groups in total. The lowest BCUT2D eigenvalue weighted by Gasteiger charge is -2.05.